The molecule has 0 heterocycles. The molecule has 0 spiro atoms. The van der Waals surface area contributed by atoms with Crippen LogP contribution < -0.4 is 4.90 Å². The number of carbonyl (C=O) groups excluding carboxylic acids is 2. The monoisotopic (exact) mass is 253 g/mol. The Balaban J connectivity index is 2.21. The molecule has 0 N–H and O–H groups in total. The highest BCUT2D eigenvalue weighted by molar-refractivity contribution is 6.14. The molecule has 0 aliphatic heterocycles. The minimum Gasteiger partial charge on any atom is -0.274 e. The molecule has 3 heteroatoms. The maximum absolute atomic E-state index is 12.3. The van der Waals surface area contributed by atoms with E-state index in [1.54, 1.807) is 24.3 Å². The molecule has 0 aromatic heterocycles. The highest BCUT2D eigenvalue weighted by Gasteiger charge is 2.19. The van der Waals surface area contributed by atoms with Crippen molar-refractivity contribution in [3.05, 3.63) is 66.2 Å². The van der Waals surface area contributed by atoms with Crippen molar-refractivity contribution in [1.82, 2.24) is 0 Å². The van der Waals surface area contributed by atoms with E-state index in [9.17, 15) is 9.59 Å². The smallest absolute Gasteiger partial charge is 0.238 e. The number of amides is 2. The fourth-order valence-corrected chi connectivity index (χ4v) is 1.93. The van der Waals surface area contributed by atoms with Crippen molar-refractivity contribution in [1.29, 1.82) is 0 Å². The molecule has 2 aromatic carbocycles. The van der Waals surface area contributed by atoms with Crippen LogP contribution in [0.25, 0.3) is 0 Å². The number of nitrogens with zero attached hydrogens (tertiary/aromatic N) is 1. The quantitative estimate of drug-likeness (QED) is 0.843. The number of hydrogen-bond donors (Lipinski definition) is 0. The summed E-state index contributed by atoms with van der Waals surface area (Å²) in [4.78, 5) is 25.2. The number of hydrogen-bond acceptors (Lipinski definition) is 2. The Kier molecular flexibility index (Phi) is 4.08. The van der Waals surface area contributed by atoms with Crippen LogP contribution in [0.4, 0.5) is 5.69 Å². The van der Waals surface area contributed by atoms with Gasteiger partial charge in [0.15, 0.2) is 0 Å². The molecule has 2 rings (SSSR count). The van der Waals surface area contributed by atoms with Crippen molar-refractivity contribution < 1.29 is 9.59 Å². The van der Waals surface area contributed by atoms with Gasteiger partial charge in [-0.05, 0) is 17.7 Å². The van der Waals surface area contributed by atoms with E-state index in [1.165, 1.54) is 11.8 Å². The van der Waals surface area contributed by atoms with Crippen LogP contribution in [0.5, 0.6) is 0 Å². The lowest BCUT2D eigenvalue weighted by Gasteiger charge is -2.19. The highest BCUT2D eigenvalue weighted by Crippen LogP contribution is 2.15. The van der Waals surface area contributed by atoms with Gasteiger partial charge < -0.3 is 0 Å². The van der Waals surface area contributed by atoms with Gasteiger partial charge in [0.25, 0.3) is 0 Å². The van der Waals surface area contributed by atoms with Gasteiger partial charge in [-0.3, -0.25) is 14.5 Å². The third-order valence-electron chi connectivity index (χ3n) is 2.78. The maximum atomic E-state index is 12.3. The fraction of sp³-hybridized carbons (Fsp3) is 0.125. The van der Waals surface area contributed by atoms with Gasteiger partial charge in [0.05, 0.1) is 12.1 Å². The number of imide groups is 1. The van der Waals surface area contributed by atoms with Crippen molar-refractivity contribution >= 4 is 17.5 Å². The molecule has 2 amide bonds. The summed E-state index contributed by atoms with van der Waals surface area (Å²) in [5, 5.41) is 0. The second kappa shape index (κ2) is 5.96. The molecule has 0 bridgehead atoms. The van der Waals surface area contributed by atoms with Crippen molar-refractivity contribution in [3.8, 4) is 0 Å². The zero-order valence-corrected chi connectivity index (χ0v) is 10.7. The number of anilines is 1. The summed E-state index contributed by atoms with van der Waals surface area (Å²) in [5.41, 5.74) is 1.51. The van der Waals surface area contributed by atoms with Crippen LogP contribution in [-0.2, 0) is 16.0 Å². The molecule has 0 fully saturated rings. The Morgan fingerprint density at radius 3 is 1.95 bits per heavy atom. The van der Waals surface area contributed by atoms with Crippen molar-refractivity contribution in [2.24, 2.45) is 0 Å². The second-order valence-corrected chi connectivity index (χ2v) is 4.25. The molecule has 19 heavy (non-hydrogen) atoms. The first-order valence-electron chi connectivity index (χ1n) is 6.11. The Labute approximate surface area is 112 Å². The van der Waals surface area contributed by atoms with Crippen LogP contribution in [0.3, 0.4) is 0 Å². The summed E-state index contributed by atoms with van der Waals surface area (Å²) in [6, 6.07) is 18.4. The fourth-order valence-electron chi connectivity index (χ4n) is 1.93. The van der Waals surface area contributed by atoms with Gasteiger partial charge in [-0.1, -0.05) is 48.5 Å². The summed E-state index contributed by atoms with van der Waals surface area (Å²) < 4.78 is 0. The molecular weight excluding hydrogens is 238 g/mol. The molecular formula is C16H15NO2. The van der Waals surface area contributed by atoms with Crippen molar-refractivity contribution in [3.63, 3.8) is 0 Å². The van der Waals surface area contributed by atoms with E-state index >= 15 is 0 Å². The summed E-state index contributed by atoms with van der Waals surface area (Å²) in [7, 11) is 0. The SMILES string of the molecule is CC(=O)N(C(=O)Cc1ccccc1)c1ccccc1. The molecule has 0 saturated carbocycles. The highest BCUT2D eigenvalue weighted by atomic mass is 16.2. The molecule has 0 unspecified atom stereocenters. The van der Waals surface area contributed by atoms with E-state index in [0.29, 0.717) is 5.69 Å². The summed E-state index contributed by atoms with van der Waals surface area (Å²) in [6.07, 6.45) is 0.218. The van der Waals surface area contributed by atoms with E-state index < -0.39 is 0 Å². The number of rotatable bonds is 3. The topological polar surface area (TPSA) is 37.4 Å². The molecule has 3 nitrogen and oxygen atoms in total. The lowest BCUT2D eigenvalue weighted by molar-refractivity contribution is -0.125. The zero-order valence-electron chi connectivity index (χ0n) is 10.7. The van der Waals surface area contributed by atoms with Gasteiger partial charge in [-0.15, -0.1) is 0 Å². The Morgan fingerprint density at radius 2 is 1.42 bits per heavy atom. The van der Waals surface area contributed by atoms with Gasteiger partial charge in [0, 0.05) is 6.92 Å². The van der Waals surface area contributed by atoms with Crippen molar-refractivity contribution in [2.75, 3.05) is 4.90 Å². The zero-order chi connectivity index (χ0) is 13.7. The largest absolute Gasteiger partial charge is 0.274 e. The molecule has 2 aromatic rings. The van der Waals surface area contributed by atoms with Gasteiger partial charge >= 0.3 is 0 Å². The van der Waals surface area contributed by atoms with E-state index in [4.69, 9.17) is 0 Å². The Hall–Kier alpha value is -2.42. The van der Waals surface area contributed by atoms with Crippen LogP contribution in [0.15, 0.2) is 60.7 Å². The normalized spacial score (nSPS) is 9.95. The number of carbonyl (C=O) groups is 2. The van der Waals surface area contributed by atoms with Crippen LogP contribution in [0.2, 0.25) is 0 Å². The van der Waals surface area contributed by atoms with E-state index in [0.717, 1.165) is 5.56 Å². The average Bonchev–Trinajstić information content (AvgIpc) is 2.40. The Morgan fingerprint density at radius 1 is 0.895 bits per heavy atom. The molecule has 0 aliphatic carbocycles. The maximum Gasteiger partial charge on any atom is 0.238 e. The first kappa shape index (κ1) is 13.0. The lowest BCUT2D eigenvalue weighted by atomic mass is 10.1. The van der Waals surface area contributed by atoms with E-state index in [2.05, 4.69) is 0 Å². The van der Waals surface area contributed by atoms with Crippen LogP contribution in [-0.4, -0.2) is 11.8 Å². The predicted octanol–water partition coefficient (Wildman–Crippen LogP) is 2.81. The molecule has 0 atom stereocenters. The standard InChI is InChI=1S/C16H15NO2/c1-13(18)17(15-10-6-3-7-11-15)16(19)12-14-8-4-2-5-9-14/h2-11H,12H2,1H3. The number of para-hydroxylation sites is 1. The first-order valence-corrected chi connectivity index (χ1v) is 6.11. The van der Waals surface area contributed by atoms with Crippen LogP contribution >= 0.6 is 0 Å². The van der Waals surface area contributed by atoms with Gasteiger partial charge in [0.1, 0.15) is 0 Å². The third-order valence-corrected chi connectivity index (χ3v) is 2.78. The van der Waals surface area contributed by atoms with Gasteiger partial charge in [-0.2, -0.15) is 0 Å². The third kappa shape index (κ3) is 3.28. The van der Waals surface area contributed by atoms with Gasteiger partial charge in [0.2, 0.25) is 11.8 Å². The van der Waals surface area contributed by atoms with Crippen LogP contribution in [0, 0.1) is 0 Å². The predicted molar refractivity (Wildman–Crippen MR) is 74.8 cm³/mol. The van der Waals surface area contributed by atoms with Gasteiger partial charge in [-0.25, -0.2) is 0 Å². The first-order chi connectivity index (χ1) is 9.18. The van der Waals surface area contributed by atoms with E-state index in [-0.39, 0.29) is 18.2 Å². The number of benzene rings is 2. The van der Waals surface area contributed by atoms with E-state index in [1.807, 2.05) is 36.4 Å². The summed E-state index contributed by atoms with van der Waals surface area (Å²) >= 11 is 0. The Bertz CT molecular complexity index is 564. The minimum absolute atomic E-state index is 0.218. The lowest BCUT2D eigenvalue weighted by Crippen LogP contribution is -2.36. The molecule has 0 aliphatic rings. The molecule has 96 valence electrons. The molecule has 0 saturated heterocycles. The summed E-state index contributed by atoms with van der Waals surface area (Å²) in [6.45, 7) is 1.40. The van der Waals surface area contributed by atoms with Crippen LogP contribution in [0.1, 0.15) is 12.5 Å². The average molecular weight is 253 g/mol. The second-order valence-electron chi connectivity index (χ2n) is 4.25. The minimum atomic E-state index is -0.271. The van der Waals surface area contributed by atoms with Crippen molar-refractivity contribution in [2.45, 2.75) is 13.3 Å². The molecule has 0 radical (unpaired) electrons. The summed E-state index contributed by atoms with van der Waals surface area (Å²) in [5.74, 6) is -0.489.